The molecule has 0 aliphatic heterocycles. The van der Waals surface area contributed by atoms with Crippen LogP contribution in [0.15, 0.2) is 0 Å². The monoisotopic (exact) mass is 204 g/mol. The Hall–Kier alpha value is -1.25. The number of rotatable bonds is 3. The van der Waals surface area contributed by atoms with Crippen molar-refractivity contribution in [3.05, 3.63) is 0 Å². The van der Waals surface area contributed by atoms with E-state index in [1.807, 2.05) is 0 Å². The summed E-state index contributed by atoms with van der Waals surface area (Å²) in [5, 5.41) is 10.6. The van der Waals surface area contributed by atoms with E-state index < -0.39 is 27.2 Å². The quantitative estimate of drug-likeness (QED) is 0.456. The second-order valence-corrected chi connectivity index (χ2v) is 3.08. The Bertz CT molecular complexity index is 304. The topological polar surface area (TPSA) is 109 Å². The van der Waals surface area contributed by atoms with Gasteiger partial charge in [0.1, 0.15) is 0 Å². The molecule has 6 nitrogen and oxygen atoms in total. The molecule has 0 bridgehead atoms. The predicted molar refractivity (Wildman–Crippen MR) is 29.1 cm³/mol. The highest BCUT2D eigenvalue weighted by molar-refractivity contribution is 7.89. The molecule has 0 aromatic rings. The van der Waals surface area contributed by atoms with Crippen molar-refractivity contribution in [2.24, 2.45) is 0 Å². The van der Waals surface area contributed by atoms with Gasteiger partial charge in [-0.25, -0.2) is 9.59 Å². The third-order valence-corrected chi connectivity index (χ3v) is 1.91. The molecule has 0 fully saturated rings. The van der Waals surface area contributed by atoms with E-state index in [0.29, 0.717) is 0 Å². The van der Waals surface area contributed by atoms with E-state index in [-0.39, 0.29) is 0 Å². The summed E-state index contributed by atoms with van der Waals surface area (Å²) in [6, 6.07) is 0. The maximum absolute atomic E-state index is 12.4. The van der Waals surface area contributed by atoms with Gasteiger partial charge in [0.25, 0.3) is 0 Å². The molecular formula is C3H2F2O6S. The van der Waals surface area contributed by atoms with E-state index in [9.17, 15) is 26.3 Å². The molecule has 0 aliphatic rings. The van der Waals surface area contributed by atoms with E-state index >= 15 is 0 Å². The first-order valence-electron chi connectivity index (χ1n) is 2.24. The standard InChI is InChI=1S/C3H2F2O6S/c4-3(1(6)7,2(8)9)12(5,10)11/h(H,6,7)(H,8,9). The van der Waals surface area contributed by atoms with E-state index in [0.717, 1.165) is 0 Å². The van der Waals surface area contributed by atoms with Crippen LogP contribution in [0.5, 0.6) is 0 Å². The van der Waals surface area contributed by atoms with Gasteiger partial charge in [-0.05, 0) is 0 Å². The highest BCUT2D eigenvalue weighted by Gasteiger charge is 2.61. The largest absolute Gasteiger partial charge is 0.478 e. The Balaban J connectivity index is 5.49. The smallest absolute Gasteiger partial charge is 0.428 e. The molecule has 0 radical (unpaired) electrons. The fourth-order valence-corrected chi connectivity index (χ4v) is 0.717. The number of halogens is 2. The molecular weight excluding hydrogens is 202 g/mol. The number of alkyl halides is 1. The van der Waals surface area contributed by atoms with Gasteiger partial charge >= 0.3 is 27.2 Å². The summed E-state index contributed by atoms with van der Waals surface area (Å²) in [6.45, 7) is 0. The minimum absolute atomic E-state index is 2.93. The summed E-state index contributed by atoms with van der Waals surface area (Å²) in [6.07, 6.45) is 0. The zero-order chi connectivity index (χ0) is 10.2. The van der Waals surface area contributed by atoms with Crippen LogP contribution in [0.25, 0.3) is 0 Å². The van der Waals surface area contributed by atoms with Crippen molar-refractivity contribution >= 4 is 22.2 Å². The van der Waals surface area contributed by atoms with E-state index in [2.05, 4.69) is 0 Å². The first-order chi connectivity index (χ1) is 5.14. The number of carboxylic acids is 2. The molecule has 0 saturated heterocycles. The van der Waals surface area contributed by atoms with Crippen molar-refractivity contribution in [3.63, 3.8) is 0 Å². The van der Waals surface area contributed by atoms with Gasteiger partial charge in [-0.3, -0.25) is 0 Å². The Labute approximate surface area is 64.6 Å². The van der Waals surface area contributed by atoms with Crippen molar-refractivity contribution < 1.29 is 36.5 Å². The number of hydrogen-bond donors (Lipinski definition) is 2. The van der Waals surface area contributed by atoms with Gasteiger partial charge in [-0.1, -0.05) is 0 Å². The van der Waals surface area contributed by atoms with Gasteiger partial charge in [0.2, 0.25) is 0 Å². The molecule has 2 N–H and O–H groups in total. The van der Waals surface area contributed by atoms with Crippen LogP contribution in [0.4, 0.5) is 8.28 Å². The lowest BCUT2D eigenvalue weighted by molar-refractivity contribution is -0.159. The third-order valence-electron chi connectivity index (χ3n) is 0.886. The Morgan fingerprint density at radius 3 is 1.42 bits per heavy atom. The average Bonchev–Trinajstić information content (AvgIpc) is 1.82. The highest BCUT2D eigenvalue weighted by Crippen LogP contribution is 2.22. The van der Waals surface area contributed by atoms with Crippen LogP contribution in [-0.2, 0) is 19.8 Å². The van der Waals surface area contributed by atoms with Gasteiger partial charge < -0.3 is 10.2 Å². The Kier molecular flexibility index (Phi) is 2.38. The maximum Gasteiger partial charge on any atom is 0.428 e. The first-order valence-corrected chi connectivity index (χ1v) is 3.62. The van der Waals surface area contributed by atoms with Crippen molar-refractivity contribution in [2.75, 3.05) is 0 Å². The molecule has 0 heterocycles. The Morgan fingerprint density at radius 1 is 1.17 bits per heavy atom. The van der Waals surface area contributed by atoms with Crippen LogP contribution in [0.3, 0.4) is 0 Å². The lowest BCUT2D eigenvalue weighted by Crippen LogP contribution is -2.47. The molecule has 9 heteroatoms. The summed E-state index contributed by atoms with van der Waals surface area (Å²) >= 11 is 0. The maximum atomic E-state index is 12.4. The summed E-state index contributed by atoms with van der Waals surface area (Å²) in [4.78, 5) is 19.5. The predicted octanol–water partition coefficient (Wildman–Crippen LogP) is -0.879. The van der Waals surface area contributed by atoms with Crippen LogP contribution in [0, 0.1) is 0 Å². The zero-order valence-corrected chi connectivity index (χ0v) is 6.01. The van der Waals surface area contributed by atoms with Gasteiger partial charge in [-0.2, -0.15) is 12.8 Å². The number of aliphatic carboxylic acids is 2. The number of hydrogen-bond acceptors (Lipinski definition) is 4. The number of carbonyl (C=O) groups is 2. The minimum atomic E-state index is -6.33. The molecule has 0 aromatic carbocycles. The van der Waals surface area contributed by atoms with E-state index in [1.165, 1.54) is 0 Å². The molecule has 0 spiro atoms. The molecule has 0 atom stereocenters. The van der Waals surface area contributed by atoms with Crippen LogP contribution in [0.2, 0.25) is 0 Å². The molecule has 70 valence electrons. The second kappa shape index (κ2) is 2.66. The van der Waals surface area contributed by atoms with Crippen LogP contribution in [0.1, 0.15) is 0 Å². The number of carboxylic acid groups (broad SMARTS) is 2. The second-order valence-electron chi connectivity index (χ2n) is 1.64. The molecule has 0 rings (SSSR count). The van der Waals surface area contributed by atoms with Gasteiger partial charge in [-0.15, -0.1) is 3.89 Å². The SMILES string of the molecule is O=C(O)C(F)(C(=O)O)S(=O)(=O)F. The zero-order valence-electron chi connectivity index (χ0n) is 5.19. The summed E-state index contributed by atoms with van der Waals surface area (Å²) in [7, 11) is -6.33. The first kappa shape index (κ1) is 10.8. The molecule has 0 amide bonds. The normalized spacial score (nSPS) is 12.5. The molecule has 0 aromatic heterocycles. The van der Waals surface area contributed by atoms with Crippen LogP contribution in [-0.4, -0.2) is 35.6 Å². The van der Waals surface area contributed by atoms with Crippen LogP contribution >= 0.6 is 0 Å². The molecule has 0 aliphatic carbocycles. The molecule has 12 heavy (non-hydrogen) atoms. The third kappa shape index (κ3) is 1.35. The summed E-state index contributed by atoms with van der Waals surface area (Å²) in [5.41, 5.74) is 0. The highest BCUT2D eigenvalue weighted by atomic mass is 32.3. The molecule has 0 saturated carbocycles. The van der Waals surface area contributed by atoms with Crippen molar-refractivity contribution in [2.45, 2.75) is 5.00 Å². The van der Waals surface area contributed by atoms with Crippen molar-refractivity contribution in [1.29, 1.82) is 0 Å². The lowest BCUT2D eigenvalue weighted by Gasteiger charge is -2.08. The lowest BCUT2D eigenvalue weighted by atomic mass is 10.4. The average molecular weight is 204 g/mol. The summed E-state index contributed by atoms with van der Waals surface area (Å²) in [5.74, 6) is -5.87. The Morgan fingerprint density at radius 2 is 1.42 bits per heavy atom. The van der Waals surface area contributed by atoms with E-state index in [1.54, 1.807) is 0 Å². The summed E-state index contributed by atoms with van der Waals surface area (Å²) < 4.78 is 43.6. The fraction of sp³-hybridized carbons (Fsp3) is 0.333. The fourth-order valence-electron chi connectivity index (χ4n) is 0.300. The van der Waals surface area contributed by atoms with Crippen molar-refractivity contribution in [3.8, 4) is 0 Å². The minimum Gasteiger partial charge on any atom is -0.478 e. The van der Waals surface area contributed by atoms with E-state index in [4.69, 9.17) is 10.2 Å². The van der Waals surface area contributed by atoms with Gasteiger partial charge in [0.05, 0.1) is 0 Å². The van der Waals surface area contributed by atoms with Crippen molar-refractivity contribution in [1.82, 2.24) is 0 Å². The van der Waals surface area contributed by atoms with Gasteiger partial charge in [0.15, 0.2) is 0 Å². The van der Waals surface area contributed by atoms with Gasteiger partial charge in [0, 0.05) is 0 Å². The van der Waals surface area contributed by atoms with Crippen LogP contribution < -0.4 is 0 Å². The molecule has 0 unspecified atom stereocenters.